The molecule has 1 aliphatic carbocycles. The number of nitrogens with two attached hydrogens (primary N) is 1. The standard InChI is InChI=1S/C13H16ClN5/c1-8(9-2-3-9)7-19-13(16-17-18-19)10-4-11(14)6-12(15)5-10/h4-6,8-9H,2-3,7,15H2,1H3. The Bertz CT molecular complexity index is 570. The summed E-state index contributed by atoms with van der Waals surface area (Å²) in [7, 11) is 0. The molecule has 19 heavy (non-hydrogen) atoms. The third-order valence-electron chi connectivity index (χ3n) is 3.60. The van der Waals surface area contributed by atoms with Crippen LogP contribution in [0.15, 0.2) is 18.2 Å². The van der Waals surface area contributed by atoms with Crippen LogP contribution in [0.1, 0.15) is 19.8 Å². The minimum absolute atomic E-state index is 0.596. The Labute approximate surface area is 116 Å². The van der Waals surface area contributed by atoms with Crippen molar-refractivity contribution in [1.82, 2.24) is 20.2 Å². The van der Waals surface area contributed by atoms with Crippen LogP contribution >= 0.6 is 11.6 Å². The van der Waals surface area contributed by atoms with Crippen molar-refractivity contribution >= 4 is 17.3 Å². The Hall–Kier alpha value is -1.62. The number of hydrogen-bond donors (Lipinski definition) is 1. The highest BCUT2D eigenvalue weighted by Crippen LogP contribution is 2.37. The Balaban J connectivity index is 1.89. The van der Waals surface area contributed by atoms with Gasteiger partial charge in [0.05, 0.1) is 0 Å². The van der Waals surface area contributed by atoms with Crippen LogP contribution in [0, 0.1) is 11.8 Å². The van der Waals surface area contributed by atoms with Gasteiger partial charge in [0.2, 0.25) is 0 Å². The van der Waals surface area contributed by atoms with E-state index in [1.54, 1.807) is 6.07 Å². The average molecular weight is 278 g/mol. The van der Waals surface area contributed by atoms with E-state index in [1.807, 2.05) is 16.8 Å². The minimum atomic E-state index is 0.596. The maximum atomic E-state index is 6.03. The Morgan fingerprint density at radius 3 is 2.89 bits per heavy atom. The fourth-order valence-electron chi connectivity index (χ4n) is 2.36. The first kappa shape index (κ1) is 12.4. The molecule has 100 valence electrons. The maximum absolute atomic E-state index is 6.03. The third kappa shape index (κ3) is 2.71. The van der Waals surface area contributed by atoms with Crippen LogP contribution in [0.25, 0.3) is 11.4 Å². The van der Waals surface area contributed by atoms with E-state index >= 15 is 0 Å². The molecule has 0 spiro atoms. The van der Waals surface area contributed by atoms with Crippen LogP contribution in [-0.4, -0.2) is 20.2 Å². The second-order valence-corrected chi connectivity index (χ2v) is 5.71. The van der Waals surface area contributed by atoms with Crippen molar-refractivity contribution in [2.75, 3.05) is 5.73 Å². The number of nitrogens with zero attached hydrogens (tertiary/aromatic N) is 4. The highest BCUT2D eigenvalue weighted by Gasteiger charge is 2.29. The molecule has 1 saturated carbocycles. The van der Waals surface area contributed by atoms with Crippen LogP contribution < -0.4 is 5.73 Å². The minimum Gasteiger partial charge on any atom is -0.399 e. The summed E-state index contributed by atoms with van der Waals surface area (Å²) in [5, 5.41) is 12.5. The van der Waals surface area contributed by atoms with E-state index in [2.05, 4.69) is 22.4 Å². The third-order valence-corrected chi connectivity index (χ3v) is 3.82. The number of halogens is 1. The number of tetrazole rings is 1. The van der Waals surface area contributed by atoms with Crippen LogP contribution in [0.2, 0.25) is 5.02 Å². The summed E-state index contributed by atoms with van der Waals surface area (Å²) in [6.45, 7) is 3.08. The molecule has 0 aliphatic heterocycles. The molecule has 1 fully saturated rings. The van der Waals surface area contributed by atoms with Crippen molar-refractivity contribution in [2.45, 2.75) is 26.3 Å². The van der Waals surface area contributed by atoms with Gasteiger partial charge in [-0.3, -0.25) is 0 Å². The van der Waals surface area contributed by atoms with E-state index in [4.69, 9.17) is 17.3 Å². The van der Waals surface area contributed by atoms with Crippen LogP contribution in [-0.2, 0) is 6.54 Å². The summed E-state index contributed by atoms with van der Waals surface area (Å²) >= 11 is 6.03. The van der Waals surface area contributed by atoms with Crippen molar-refractivity contribution in [3.8, 4) is 11.4 Å². The first-order valence-electron chi connectivity index (χ1n) is 6.46. The largest absolute Gasteiger partial charge is 0.399 e. The highest BCUT2D eigenvalue weighted by atomic mass is 35.5. The van der Waals surface area contributed by atoms with E-state index in [-0.39, 0.29) is 0 Å². The molecule has 1 aromatic carbocycles. The lowest BCUT2D eigenvalue weighted by atomic mass is 10.1. The summed E-state index contributed by atoms with van der Waals surface area (Å²) in [5.74, 6) is 2.14. The second kappa shape index (κ2) is 4.81. The van der Waals surface area contributed by atoms with Gasteiger partial charge < -0.3 is 5.73 Å². The van der Waals surface area contributed by atoms with Gasteiger partial charge in [0.25, 0.3) is 0 Å². The summed E-state index contributed by atoms with van der Waals surface area (Å²) in [4.78, 5) is 0. The summed E-state index contributed by atoms with van der Waals surface area (Å²) in [6, 6.07) is 5.39. The zero-order valence-corrected chi connectivity index (χ0v) is 11.5. The van der Waals surface area contributed by atoms with Gasteiger partial charge in [0, 0.05) is 22.8 Å². The summed E-state index contributed by atoms with van der Waals surface area (Å²) in [6.07, 6.45) is 2.64. The Morgan fingerprint density at radius 2 is 2.21 bits per heavy atom. The molecule has 2 aromatic rings. The molecular weight excluding hydrogens is 262 g/mol. The number of rotatable bonds is 4. The normalized spacial score (nSPS) is 16.5. The fraction of sp³-hybridized carbons (Fsp3) is 0.462. The predicted octanol–water partition coefficient (Wildman–Crippen LogP) is 2.62. The van der Waals surface area contributed by atoms with Gasteiger partial charge in [0.15, 0.2) is 5.82 Å². The monoisotopic (exact) mass is 277 g/mol. The lowest BCUT2D eigenvalue weighted by Crippen LogP contribution is -2.12. The molecule has 3 rings (SSSR count). The second-order valence-electron chi connectivity index (χ2n) is 5.27. The highest BCUT2D eigenvalue weighted by molar-refractivity contribution is 6.31. The molecule has 0 bridgehead atoms. The van der Waals surface area contributed by atoms with Gasteiger partial charge in [-0.1, -0.05) is 18.5 Å². The van der Waals surface area contributed by atoms with E-state index in [0.717, 1.165) is 23.9 Å². The summed E-state index contributed by atoms with van der Waals surface area (Å²) in [5.41, 5.74) is 7.29. The van der Waals surface area contributed by atoms with E-state index in [0.29, 0.717) is 16.6 Å². The molecule has 2 N–H and O–H groups in total. The van der Waals surface area contributed by atoms with E-state index < -0.39 is 0 Å². The molecule has 6 heteroatoms. The Kier molecular flexibility index (Phi) is 3.14. The smallest absolute Gasteiger partial charge is 0.182 e. The number of aromatic nitrogens is 4. The van der Waals surface area contributed by atoms with Gasteiger partial charge in [-0.2, -0.15) is 0 Å². The summed E-state index contributed by atoms with van der Waals surface area (Å²) < 4.78 is 1.84. The molecular formula is C13H16ClN5. The number of benzene rings is 1. The zero-order valence-electron chi connectivity index (χ0n) is 10.8. The van der Waals surface area contributed by atoms with Crippen molar-refractivity contribution in [2.24, 2.45) is 11.8 Å². The van der Waals surface area contributed by atoms with Gasteiger partial charge in [-0.05, 0) is 53.3 Å². The van der Waals surface area contributed by atoms with Gasteiger partial charge in [0.1, 0.15) is 0 Å². The van der Waals surface area contributed by atoms with Crippen LogP contribution in [0.4, 0.5) is 5.69 Å². The molecule has 0 saturated heterocycles. The van der Waals surface area contributed by atoms with Crippen molar-refractivity contribution in [3.63, 3.8) is 0 Å². The van der Waals surface area contributed by atoms with E-state index in [1.165, 1.54) is 12.8 Å². The molecule has 5 nitrogen and oxygen atoms in total. The quantitative estimate of drug-likeness (QED) is 0.872. The Morgan fingerprint density at radius 1 is 1.42 bits per heavy atom. The van der Waals surface area contributed by atoms with Crippen LogP contribution in [0.5, 0.6) is 0 Å². The molecule has 1 unspecified atom stereocenters. The molecule has 1 aliphatic rings. The van der Waals surface area contributed by atoms with Crippen molar-refractivity contribution in [1.29, 1.82) is 0 Å². The van der Waals surface area contributed by atoms with Crippen molar-refractivity contribution in [3.05, 3.63) is 23.2 Å². The number of hydrogen-bond acceptors (Lipinski definition) is 4. The molecule has 1 aromatic heterocycles. The van der Waals surface area contributed by atoms with Gasteiger partial charge >= 0.3 is 0 Å². The molecule has 1 atom stereocenters. The fourth-order valence-corrected chi connectivity index (χ4v) is 2.61. The number of anilines is 1. The zero-order chi connectivity index (χ0) is 13.4. The lowest BCUT2D eigenvalue weighted by Gasteiger charge is -2.11. The maximum Gasteiger partial charge on any atom is 0.182 e. The molecule has 0 radical (unpaired) electrons. The molecule has 0 amide bonds. The molecule has 1 heterocycles. The first-order chi connectivity index (χ1) is 9.13. The van der Waals surface area contributed by atoms with Gasteiger partial charge in [-0.25, -0.2) is 4.68 Å². The number of nitrogen functional groups attached to an aromatic ring is 1. The van der Waals surface area contributed by atoms with Gasteiger partial charge in [-0.15, -0.1) is 5.10 Å². The van der Waals surface area contributed by atoms with Crippen molar-refractivity contribution < 1.29 is 0 Å². The lowest BCUT2D eigenvalue weighted by molar-refractivity contribution is 0.402. The van der Waals surface area contributed by atoms with Crippen LogP contribution in [0.3, 0.4) is 0 Å². The SMILES string of the molecule is CC(Cn1nnnc1-c1cc(N)cc(Cl)c1)C1CC1. The van der Waals surface area contributed by atoms with E-state index in [9.17, 15) is 0 Å². The average Bonchev–Trinajstić information content (AvgIpc) is 3.09. The topological polar surface area (TPSA) is 69.6 Å². The first-order valence-corrected chi connectivity index (χ1v) is 6.84. The predicted molar refractivity (Wildman–Crippen MR) is 74.6 cm³/mol.